The summed E-state index contributed by atoms with van der Waals surface area (Å²) in [4.78, 5) is 73.1. The van der Waals surface area contributed by atoms with Gasteiger partial charge in [-0.25, -0.2) is 9.13 Å². The molecule has 612 valence electrons. The van der Waals surface area contributed by atoms with Crippen molar-refractivity contribution in [3.8, 4) is 0 Å². The summed E-state index contributed by atoms with van der Waals surface area (Å²) in [6.07, 6.45) is 96.0. The van der Waals surface area contributed by atoms with Crippen LogP contribution in [0.5, 0.6) is 0 Å². The third-order valence-corrected chi connectivity index (χ3v) is 18.2. The predicted octanol–water partition coefficient (Wildman–Crippen LogP) is 24.3. The number of carbonyl (C=O) groups is 4. The molecule has 0 aliphatic rings. The van der Waals surface area contributed by atoms with Gasteiger partial charge in [-0.1, -0.05) is 281 Å². The van der Waals surface area contributed by atoms with E-state index in [1.54, 1.807) is 0 Å². The summed E-state index contributed by atoms with van der Waals surface area (Å²) >= 11 is 0. The van der Waals surface area contributed by atoms with Crippen LogP contribution in [-0.2, 0) is 65.4 Å². The van der Waals surface area contributed by atoms with E-state index in [1.165, 1.54) is 64.2 Å². The van der Waals surface area contributed by atoms with Crippen LogP contribution in [0, 0.1) is 0 Å². The molecule has 0 heterocycles. The van der Waals surface area contributed by atoms with Gasteiger partial charge in [-0.2, -0.15) is 0 Å². The number of phosphoric ester groups is 2. The van der Waals surface area contributed by atoms with E-state index in [-0.39, 0.29) is 25.7 Å². The van der Waals surface area contributed by atoms with Crippen LogP contribution in [0.15, 0.2) is 182 Å². The van der Waals surface area contributed by atoms with Crippen molar-refractivity contribution in [2.45, 2.75) is 316 Å². The van der Waals surface area contributed by atoms with Crippen LogP contribution >= 0.6 is 15.6 Å². The average Bonchev–Trinajstić information content (AvgIpc) is 0.898. The van der Waals surface area contributed by atoms with E-state index in [0.717, 1.165) is 141 Å². The van der Waals surface area contributed by atoms with E-state index in [9.17, 15) is 43.2 Å². The lowest BCUT2D eigenvalue weighted by Crippen LogP contribution is -2.30. The third kappa shape index (κ3) is 78.3. The molecule has 0 rings (SSSR count). The van der Waals surface area contributed by atoms with Crippen LogP contribution in [-0.4, -0.2) is 96.7 Å². The second kappa shape index (κ2) is 79.3. The van der Waals surface area contributed by atoms with Crippen molar-refractivity contribution in [3.63, 3.8) is 0 Å². The van der Waals surface area contributed by atoms with E-state index >= 15 is 0 Å². The fourth-order valence-corrected chi connectivity index (χ4v) is 11.7. The molecule has 0 aromatic carbocycles. The molecule has 0 amide bonds. The Morgan fingerprint density at radius 1 is 0.269 bits per heavy atom. The Hall–Kier alpha value is -5.84. The van der Waals surface area contributed by atoms with Crippen molar-refractivity contribution in [1.82, 2.24) is 0 Å². The summed E-state index contributed by atoms with van der Waals surface area (Å²) in [7, 11) is -10.0. The molecule has 0 aromatic heterocycles. The van der Waals surface area contributed by atoms with Gasteiger partial charge in [0.1, 0.15) is 19.3 Å². The highest BCUT2D eigenvalue weighted by Crippen LogP contribution is 2.45. The zero-order valence-electron chi connectivity index (χ0n) is 66.9. The smallest absolute Gasteiger partial charge is 0.462 e. The number of phosphoric acid groups is 2. The van der Waals surface area contributed by atoms with Crippen LogP contribution in [0.2, 0.25) is 0 Å². The van der Waals surface area contributed by atoms with E-state index < -0.39 is 97.5 Å². The van der Waals surface area contributed by atoms with Crippen molar-refractivity contribution < 1.29 is 80.2 Å². The number of hydrogen-bond donors (Lipinski definition) is 3. The molecule has 0 radical (unpaired) electrons. The first-order chi connectivity index (χ1) is 52.7. The van der Waals surface area contributed by atoms with Crippen LogP contribution in [0.1, 0.15) is 297 Å². The Morgan fingerprint density at radius 2 is 0.509 bits per heavy atom. The average molecular weight is 1550 g/mol. The molecule has 0 aliphatic carbocycles. The number of aliphatic hydroxyl groups is 1. The van der Waals surface area contributed by atoms with Crippen molar-refractivity contribution in [2.75, 3.05) is 39.6 Å². The van der Waals surface area contributed by atoms with Crippen molar-refractivity contribution in [2.24, 2.45) is 0 Å². The summed E-state index contributed by atoms with van der Waals surface area (Å²) in [6.45, 7) is 4.48. The van der Waals surface area contributed by atoms with E-state index in [0.29, 0.717) is 38.5 Å². The number of esters is 4. The predicted molar refractivity (Wildman–Crippen MR) is 445 cm³/mol. The van der Waals surface area contributed by atoms with Crippen LogP contribution in [0.3, 0.4) is 0 Å². The number of unbranched alkanes of at least 4 members (excludes halogenated alkanes) is 19. The number of carbonyl (C=O) groups excluding carboxylic acids is 4. The van der Waals surface area contributed by atoms with Gasteiger partial charge in [-0.3, -0.25) is 37.3 Å². The van der Waals surface area contributed by atoms with E-state index in [2.05, 4.69) is 180 Å². The minimum Gasteiger partial charge on any atom is -0.462 e. The fourth-order valence-electron chi connectivity index (χ4n) is 10.1. The zero-order chi connectivity index (χ0) is 78.9. The molecule has 0 aliphatic heterocycles. The SMILES string of the molecule is CC/C=C\C/C=C\C/C=C\C/C=C\C/C=C\CCCCCC(=O)O[C@H](COC(=O)CCC/C=C\C/C=C\C/C=C\C/C=C\CCCCC)COP(=O)(O)OC[C@@H](O)COP(=O)(O)OC[C@@H](COC(=O)CCCCCCC/C=C\CCCCCC)OC(=O)CC/C=C\C/C=C\C/C=C\C/C=C\C/C=C\CCCCC. The van der Waals surface area contributed by atoms with Crippen LogP contribution in [0.25, 0.3) is 0 Å². The highest BCUT2D eigenvalue weighted by molar-refractivity contribution is 7.47. The van der Waals surface area contributed by atoms with Gasteiger partial charge in [0.25, 0.3) is 0 Å². The standard InChI is InChI=1S/C89H144O17P2/c1-5-9-13-17-21-25-29-33-36-39-41-44-47-51-55-59-63-67-71-75-88(93)105-84(79-99-86(91)73-69-65-61-57-53-49-32-28-24-20-16-12-8-4)81-103-107(95,96)101-77-83(90)78-102-108(97,98)104-82-85(80-100-87(92)74-70-66-62-58-54-50-46-43-38-35-31-27-23-19-15-11-7-3)106-89(94)76-72-68-64-60-56-52-48-45-42-40-37-34-30-26-22-18-14-10-6-2/h10,14,21-23,25-28,32-38,41-42,44-46,50-52,55-56,58,62-63,67,83-85,90H,5-9,11-13,15-20,24,29-31,39-40,43,47-49,53-54,57,59-61,64-66,68-82H2,1-4H3,(H,95,96)(H,97,98)/b14-10-,25-21-,26-22-,27-23-,32-28-,36-33-,37-34-,38-35-,44-41-,45-42-,50-46-,55-51-,56-52-,62-58-,67-63-/t83-,84+,85+/m0/s1. The summed E-state index contributed by atoms with van der Waals surface area (Å²) in [5.41, 5.74) is 0. The summed E-state index contributed by atoms with van der Waals surface area (Å²) in [6, 6.07) is 0. The molecule has 0 fully saturated rings. The number of aliphatic hydroxyl groups excluding tert-OH is 1. The monoisotopic (exact) mass is 1550 g/mol. The van der Waals surface area contributed by atoms with Crippen molar-refractivity contribution in [3.05, 3.63) is 182 Å². The topological polar surface area (TPSA) is 237 Å². The summed E-state index contributed by atoms with van der Waals surface area (Å²) in [5, 5.41) is 10.7. The Bertz CT molecular complexity index is 2760. The number of ether oxygens (including phenoxy) is 4. The first kappa shape index (κ1) is 102. The molecular weight excluding hydrogens is 1400 g/mol. The van der Waals surface area contributed by atoms with E-state index in [4.69, 9.17) is 37.0 Å². The molecule has 3 N–H and O–H groups in total. The van der Waals surface area contributed by atoms with Gasteiger partial charge in [0.15, 0.2) is 12.2 Å². The Kier molecular flexibility index (Phi) is 75.0. The molecule has 108 heavy (non-hydrogen) atoms. The van der Waals surface area contributed by atoms with Crippen LogP contribution < -0.4 is 0 Å². The summed E-state index contributed by atoms with van der Waals surface area (Å²) < 4.78 is 68.5. The Morgan fingerprint density at radius 3 is 0.870 bits per heavy atom. The summed E-state index contributed by atoms with van der Waals surface area (Å²) in [5.74, 6) is -2.40. The first-order valence-corrected chi connectivity index (χ1v) is 44.0. The van der Waals surface area contributed by atoms with Gasteiger partial charge in [0.2, 0.25) is 0 Å². The van der Waals surface area contributed by atoms with Crippen molar-refractivity contribution in [1.29, 1.82) is 0 Å². The Labute approximate surface area is 654 Å². The van der Waals surface area contributed by atoms with Gasteiger partial charge in [0.05, 0.1) is 26.4 Å². The zero-order valence-corrected chi connectivity index (χ0v) is 68.7. The number of rotatable bonds is 75. The second-order valence-corrected chi connectivity index (χ2v) is 29.5. The molecule has 17 nitrogen and oxygen atoms in total. The molecule has 0 saturated carbocycles. The lowest BCUT2D eigenvalue weighted by atomic mass is 10.1. The maximum absolute atomic E-state index is 13.1. The molecule has 5 atom stereocenters. The molecule has 0 saturated heterocycles. The minimum atomic E-state index is -5.02. The van der Waals surface area contributed by atoms with Gasteiger partial charge >= 0.3 is 39.5 Å². The maximum atomic E-state index is 13.1. The molecule has 19 heteroatoms. The largest absolute Gasteiger partial charge is 0.472 e. The first-order valence-electron chi connectivity index (χ1n) is 41.0. The number of allylic oxidation sites excluding steroid dienone is 30. The highest BCUT2D eigenvalue weighted by atomic mass is 31.2. The van der Waals surface area contributed by atoms with Crippen LogP contribution in [0.4, 0.5) is 0 Å². The molecule has 2 unspecified atom stereocenters. The van der Waals surface area contributed by atoms with E-state index in [1.807, 2.05) is 30.4 Å². The lowest BCUT2D eigenvalue weighted by Gasteiger charge is -2.21. The quantitative estimate of drug-likeness (QED) is 0.0169. The van der Waals surface area contributed by atoms with Gasteiger partial charge < -0.3 is 33.8 Å². The second-order valence-electron chi connectivity index (χ2n) is 26.6. The third-order valence-electron chi connectivity index (χ3n) is 16.3. The van der Waals surface area contributed by atoms with Crippen molar-refractivity contribution >= 4 is 39.5 Å². The Balaban J connectivity index is 5.55. The van der Waals surface area contributed by atoms with Gasteiger partial charge in [0, 0.05) is 25.7 Å². The normalized spacial score (nSPS) is 14.8. The maximum Gasteiger partial charge on any atom is 0.472 e. The molecule has 0 aromatic rings. The minimum absolute atomic E-state index is 0.0348. The number of hydrogen-bond acceptors (Lipinski definition) is 15. The highest BCUT2D eigenvalue weighted by Gasteiger charge is 2.30. The lowest BCUT2D eigenvalue weighted by molar-refractivity contribution is -0.161. The molecule has 0 spiro atoms. The van der Waals surface area contributed by atoms with Gasteiger partial charge in [-0.15, -0.1) is 0 Å². The van der Waals surface area contributed by atoms with Gasteiger partial charge in [-0.05, 0) is 173 Å². The fraction of sp³-hybridized carbons (Fsp3) is 0.618. The molecular formula is C89H144O17P2. The molecule has 0 bridgehead atoms.